The van der Waals surface area contributed by atoms with Crippen molar-refractivity contribution >= 4 is 15.9 Å². The lowest BCUT2D eigenvalue weighted by Crippen LogP contribution is -2.52. The van der Waals surface area contributed by atoms with Gasteiger partial charge in [-0.3, -0.25) is 4.98 Å². The molecule has 1 aromatic heterocycles. The lowest BCUT2D eigenvalue weighted by atomic mass is 9.84. The topological polar surface area (TPSA) is 59.8 Å². The van der Waals surface area contributed by atoms with Gasteiger partial charge < -0.3 is 10.4 Å². The lowest BCUT2D eigenvalue weighted by Gasteiger charge is -2.37. The summed E-state index contributed by atoms with van der Waals surface area (Å²) in [5.41, 5.74) is 1.24. The molecule has 3 rings (SSSR count). The number of aromatic nitrogens is 1. The minimum atomic E-state index is -0.628. The van der Waals surface area contributed by atoms with Crippen molar-refractivity contribution in [2.45, 2.75) is 44.9 Å². The third-order valence-corrected chi connectivity index (χ3v) is 5.80. The van der Waals surface area contributed by atoms with E-state index in [1.54, 1.807) is 12.4 Å². The number of pyridine rings is 1. The molecule has 0 saturated carbocycles. The van der Waals surface area contributed by atoms with Gasteiger partial charge in [-0.15, -0.1) is 0 Å². The van der Waals surface area contributed by atoms with Crippen molar-refractivity contribution in [3.63, 3.8) is 0 Å². The van der Waals surface area contributed by atoms with Crippen LogP contribution in [0.2, 0.25) is 0 Å². The van der Waals surface area contributed by atoms with Gasteiger partial charge >= 0.3 is 0 Å². The molecule has 2 heterocycles. The van der Waals surface area contributed by atoms with Crippen molar-refractivity contribution in [2.24, 2.45) is 0 Å². The molecule has 2 aromatic rings. The summed E-state index contributed by atoms with van der Waals surface area (Å²) in [5, 5.41) is 23.7. The third kappa shape index (κ3) is 3.18. The molecule has 0 bridgehead atoms. The minimum absolute atomic E-state index is 0.613. The molecule has 1 aromatic carbocycles. The number of halogens is 1. The third-order valence-electron chi connectivity index (χ3n) is 5.37. The smallest absolute Gasteiger partial charge is 0.136 e. The Morgan fingerprint density at radius 2 is 1.46 bits per heavy atom. The molecule has 26 heavy (non-hydrogen) atoms. The quantitative estimate of drug-likeness (QED) is 0.683. The fraction of sp³-hybridized carbons (Fsp3) is 0.350. The normalized spacial score (nSPS) is 20.0. The van der Waals surface area contributed by atoms with E-state index in [0.717, 1.165) is 21.2 Å². The Hall–Kier alpha value is -1.75. The number of hydrogen-bond donors (Lipinski definition) is 2. The highest BCUT2D eigenvalue weighted by Crippen LogP contribution is 2.47. The Kier molecular flexibility index (Phi) is 4.95. The molecule has 0 radical (unpaired) electrons. The lowest BCUT2D eigenvalue weighted by molar-refractivity contribution is -0.223. The summed E-state index contributed by atoms with van der Waals surface area (Å²) in [6, 6.07) is 9.42. The van der Waals surface area contributed by atoms with Gasteiger partial charge in [0.15, 0.2) is 0 Å². The van der Waals surface area contributed by atoms with Crippen LogP contribution in [0.3, 0.4) is 0 Å². The number of nitrogens with zero attached hydrogens (tertiary/aromatic N) is 3. The molecule has 2 N–H and O–H groups in total. The Balaban J connectivity index is 1.85. The van der Waals surface area contributed by atoms with Crippen molar-refractivity contribution in [1.82, 2.24) is 15.1 Å². The van der Waals surface area contributed by atoms with Gasteiger partial charge in [-0.25, -0.2) is 0 Å². The Bertz CT molecular complexity index is 849. The summed E-state index contributed by atoms with van der Waals surface area (Å²) < 4.78 is 0.886. The van der Waals surface area contributed by atoms with Crippen LogP contribution >= 0.6 is 15.9 Å². The monoisotopic (exact) mass is 415 g/mol. The van der Waals surface area contributed by atoms with Crippen LogP contribution in [0.25, 0.3) is 0 Å². The van der Waals surface area contributed by atoms with Crippen LogP contribution in [-0.2, 0) is 0 Å². The molecular formula is C20H22BrN3O2. The van der Waals surface area contributed by atoms with Crippen LogP contribution in [0.5, 0.6) is 0 Å². The molecular weight excluding hydrogens is 394 g/mol. The summed E-state index contributed by atoms with van der Waals surface area (Å²) >= 11 is 3.38. The Morgan fingerprint density at radius 1 is 0.923 bits per heavy atom. The number of hydrogen-bond acceptors (Lipinski definition) is 5. The second kappa shape index (κ2) is 6.76. The first-order valence-corrected chi connectivity index (χ1v) is 9.13. The fourth-order valence-corrected chi connectivity index (χ4v) is 3.29. The van der Waals surface area contributed by atoms with E-state index in [9.17, 15) is 10.4 Å². The Morgan fingerprint density at radius 3 is 2.00 bits per heavy atom. The van der Waals surface area contributed by atoms with Gasteiger partial charge in [-0.05, 0) is 67.4 Å². The van der Waals surface area contributed by atoms with Gasteiger partial charge in [-0.2, -0.15) is 10.1 Å². The molecule has 1 fully saturated rings. The maximum Gasteiger partial charge on any atom is 0.136 e. The maximum absolute atomic E-state index is 10.6. The molecule has 6 heteroatoms. The first-order chi connectivity index (χ1) is 12.1. The van der Waals surface area contributed by atoms with E-state index in [2.05, 4.69) is 32.8 Å². The predicted molar refractivity (Wildman–Crippen MR) is 103 cm³/mol. The molecule has 1 aliphatic heterocycles. The van der Waals surface area contributed by atoms with E-state index in [1.807, 2.05) is 58.0 Å². The molecule has 1 aliphatic rings. The molecule has 0 aliphatic carbocycles. The zero-order valence-corrected chi connectivity index (χ0v) is 16.8. The number of hydroxylamine groups is 4. The highest BCUT2D eigenvalue weighted by Gasteiger charge is 2.58. The Labute approximate surface area is 162 Å². The molecule has 5 nitrogen and oxygen atoms in total. The zero-order valence-electron chi connectivity index (χ0n) is 15.2. The van der Waals surface area contributed by atoms with Crippen molar-refractivity contribution in [3.8, 4) is 11.8 Å². The first-order valence-electron chi connectivity index (χ1n) is 8.33. The van der Waals surface area contributed by atoms with Gasteiger partial charge in [0.2, 0.25) is 0 Å². The average Bonchev–Trinajstić information content (AvgIpc) is 2.71. The van der Waals surface area contributed by atoms with Crippen LogP contribution in [-0.4, -0.2) is 36.6 Å². The van der Waals surface area contributed by atoms with Gasteiger partial charge in [0, 0.05) is 28.0 Å². The molecule has 0 amide bonds. The van der Waals surface area contributed by atoms with Crippen LogP contribution in [0.4, 0.5) is 0 Å². The predicted octanol–water partition coefficient (Wildman–Crippen LogP) is 4.20. The SMILES string of the molecule is CC1(C)N(O)C(c2ccc(C#Cc3cncc(Br)c3)cc2)N(O)C1(C)C. The maximum atomic E-state index is 10.6. The number of rotatable bonds is 1. The van der Waals surface area contributed by atoms with Gasteiger partial charge in [0.1, 0.15) is 6.17 Å². The van der Waals surface area contributed by atoms with E-state index in [-0.39, 0.29) is 0 Å². The van der Waals surface area contributed by atoms with E-state index < -0.39 is 17.2 Å². The molecule has 0 spiro atoms. The fourth-order valence-electron chi connectivity index (χ4n) is 2.92. The van der Waals surface area contributed by atoms with Crippen LogP contribution in [0, 0.1) is 11.8 Å². The van der Waals surface area contributed by atoms with Crippen molar-refractivity contribution < 1.29 is 10.4 Å². The summed E-state index contributed by atoms with van der Waals surface area (Å²) in [4.78, 5) is 4.09. The molecule has 0 atom stereocenters. The average molecular weight is 416 g/mol. The van der Waals surface area contributed by atoms with Crippen LogP contribution < -0.4 is 0 Å². The van der Waals surface area contributed by atoms with E-state index >= 15 is 0 Å². The minimum Gasteiger partial charge on any atom is -0.311 e. The van der Waals surface area contributed by atoms with E-state index in [4.69, 9.17) is 0 Å². The summed E-state index contributed by atoms with van der Waals surface area (Å²) in [6.45, 7) is 7.62. The second-order valence-electron chi connectivity index (χ2n) is 7.44. The zero-order chi connectivity index (χ0) is 19.1. The highest BCUT2D eigenvalue weighted by molar-refractivity contribution is 9.10. The standard InChI is InChI=1S/C20H22BrN3O2/c1-19(2)20(3,4)24(26)18(23(19)25)16-9-7-14(8-10-16)5-6-15-11-17(21)13-22-12-15/h7-13,18,25-26H,1-4H3. The molecule has 1 saturated heterocycles. The summed E-state index contributed by atoms with van der Waals surface area (Å²) in [7, 11) is 0. The van der Waals surface area contributed by atoms with E-state index in [1.165, 1.54) is 10.1 Å². The van der Waals surface area contributed by atoms with Crippen molar-refractivity contribution in [1.29, 1.82) is 0 Å². The van der Waals surface area contributed by atoms with Crippen molar-refractivity contribution in [2.75, 3.05) is 0 Å². The molecule has 0 unspecified atom stereocenters. The largest absolute Gasteiger partial charge is 0.311 e. The van der Waals surface area contributed by atoms with Gasteiger partial charge in [0.25, 0.3) is 0 Å². The number of benzene rings is 1. The van der Waals surface area contributed by atoms with Crippen LogP contribution in [0.15, 0.2) is 47.2 Å². The summed E-state index contributed by atoms with van der Waals surface area (Å²) in [6.07, 6.45) is 2.80. The second-order valence-corrected chi connectivity index (χ2v) is 8.36. The highest BCUT2D eigenvalue weighted by atomic mass is 79.9. The van der Waals surface area contributed by atoms with Crippen molar-refractivity contribution in [3.05, 3.63) is 63.9 Å². The molecule has 136 valence electrons. The van der Waals surface area contributed by atoms with Crippen LogP contribution in [0.1, 0.15) is 50.6 Å². The first kappa shape index (κ1) is 19.0. The van der Waals surface area contributed by atoms with Gasteiger partial charge in [-0.1, -0.05) is 24.0 Å². The summed E-state index contributed by atoms with van der Waals surface area (Å²) in [5.74, 6) is 6.17. The van der Waals surface area contributed by atoms with E-state index in [0.29, 0.717) is 0 Å². The van der Waals surface area contributed by atoms with Gasteiger partial charge in [0.05, 0.1) is 11.1 Å².